The SMILES string of the molecule is COC(=O)Cc1ccc2nc(-c3c(C)noc3C)ccc2c1. The molecule has 0 aliphatic carbocycles. The summed E-state index contributed by atoms with van der Waals surface area (Å²) >= 11 is 0. The second kappa shape index (κ2) is 5.60. The van der Waals surface area contributed by atoms with Gasteiger partial charge in [0.1, 0.15) is 5.76 Å². The van der Waals surface area contributed by atoms with Gasteiger partial charge in [0.15, 0.2) is 0 Å². The van der Waals surface area contributed by atoms with Crippen LogP contribution in [0.15, 0.2) is 34.9 Å². The predicted octanol–water partition coefficient (Wildman–Crippen LogP) is 3.22. The van der Waals surface area contributed by atoms with Crippen LogP contribution in [0.5, 0.6) is 0 Å². The Labute approximate surface area is 127 Å². The Morgan fingerprint density at radius 2 is 2.05 bits per heavy atom. The van der Waals surface area contributed by atoms with Crippen LogP contribution in [0.4, 0.5) is 0 Å². The molecule has 0 atom stereocenters. The molecule has 1 aromatic carbocycles. The van der Waals surface area contributed by atoms with E-state index in [2.05, 4.69) is 14.9 Å². The maximum Gasteiger partial charge on any atom is 0.309 e. The number of carbonyl (C=O) groups is 1. The Morgan fingerprint density at radius 1 is 1.23 bits per heavy atom. The summed E-state index contributed by atoms with van der Waals surface area (Å²) < 4.78 is 9.88. The van der Waals surface area contributed by atoms with Crippen LogP contribution in [0.1, 0.15) is 17.0 Å². The highest BCUT2D eigenvalue weighted by Crippen LogP contribution is 2.27. The summed E-state index contributed by atoms with van der Waals surface area (Å²) in [5, 5.41) is 4.95. The highest BCUT2D eigenvalue weighted by Gasteiger charge is 2.13. The Hall–Kier alpha value is -2.69. The van der Waals surface area contributed by atoms with Gasteiger partial charge in [0.05, 0.1) is 36.0 Å². The fraction of sp³-hybridized carbons (Fsp3) is 0.235. The first-order valence-corrected chi connectivity index (χ1v) is 6.98. The van der Waals surface area contributed by atoms with Crippen molar-refractivity contribution in [2.24, 2.45) is 0 Å². The van der Waals surface area contributed by atoms with E-state index < -0.39 is 0 Å². The van der Waals surface area contributed by atoms with Gasteiger partial charge in [0.2, 0.25) is 0 Å². The number of pyridine rings is 1. The second-order valence-corrected chi connectivity index (χ2v) is 5.18. The molecule has 0 bridgehead atoms. The van der Waals surface area contributed by atoms with Gasteiger partial charge in [0, 0.05) is 5.39 Å². The number of aryl methyl sites for hydroxylation is 2. The number of nitrogens with zero attached hydrogens (tertiary/aromatic N) is 2. The van der Waals surface area contributed by atoms with Crippen molar-refractivity contribution in [2.75, 3.05) is 7.11 Å². The van der Waals surface area contributed by atoms with Crippen molar-refractivity contribution >= 4 is 16.9 Å². The fourth-order valence-corrected chi connectivity index (χ4v) is 2.51. The minimum absolute atomic E-state index is 0.250. The molecule has 0 spiro atoms. The lowest BCUT2D eigenvalue weighted by Gasteiger charge is -2.05. The third-order valence-electron chi connectivity index (χ3n) is 3.62. The quantitative estimate of drug-likeness (QED) is 0.694. The van der Waals surface area contributed by atoms with E-state index in [1.165, 1.54) is 7.11 Å². The van der Waals surface area contributed by atoms with E-state index >= 15 is 0 Å². The Kier molecular flexibility index (Phi) is 3.63. The van der Waals surface area contributed by atoms with Gasteiger partial charge >= 0.3 is 5.97 Å². The molecule has 2 heterocycles. The summed E-state index contributed by atoms with van der Waals surface area (Å²) in [5.41, 5.74) is 4.37. The van der Waals surface area contributed by atoms with Crippen LogP contribution < -0.4 is 0 Å². The van der Waals surface area contributed by atoms with Gasteiger partial charge in [-0.3, -0.25) is 4.79 Å². The van der Waals surface area contributed by atoms with E-state index in [-0.39, 0.29) is 12.4 Å². The zero-order chi connectivity index (χ0) is 15.7. The average Bonchev–Trinajstić information content (AvgIpc) is 2.85. The summed E-state index contributed by atoms with van der Waals surface area (Å²) in [5.74, 6) is 0.506. The van der Waals surface area contributed by atoms with E-state index in [0.717, 1.165) is 39.2 Å². The lowest BCUT2D eigenvalue weighted by Crippen LogP contribution is -2.04. The summed E-state index contributed by atoms with van der Waals surface area (Å²) in [6, 6.07) is 9.69. The Bertz CT molecular complexity index is 833. The molecule has 0 aliphatic heterocycles. The van der Waals surface area contributed by atoms with Gasteiger partial charge in [0.25, 0.3) is 0 Å². The molecule has 0 radical (unpaired) electrons. The first kappa shape index (κ1) is 14.3. The third kappa shape index (κ3) is 2.57. The second-order valence-electron chi connectivity index (χ2n) is 5.18. The number of carbonyl (C=O) groups excluding carboxylic acids is 1. The van der Waals surface area contributed by atoms with Crippen molar-refractivity contribution in [3.05, 3.63) is 47.3 Å². The molecule has 3 rings (SSSR count). The van der Waals surface area contributed by atoms with Crippen molar-refractivity contribution in [3.63, 3.8) is 0 Å². The molecule has 0 amide bonds. The van der Waals surface area contributed by atoms with E-state index in [1.54, 1.807) is 0 Å². The zero-order valence-corrected chi connectivity index (χ0v) is 12.7. The minimum atomic E-state index is -0.250. The number of ether oxygens (including phenoxy) is 1. The largest absolute Gasteiger partial charge is 0.469 e. The molecular formula is C17H16N2O3. The van der Waals surface area contributed by atoms with Crippen LogP contribution in [0.2, 0.25) is 0 Å². The summed E-state index contributed by atoms with van der Waals surface area (Å²) in [4.78, 5) is 16.0. The first-order valence-electron chi connectivity index (χ1n) is 6.98. The smallest absolute Gasteiger partial charge is 0.309 e. The van der Waals surface area contributed by atoms with Crippen molar-refractivity contribution in [2.45, 2.75) is 20.3 Å². The monoisotopic (exact) mass is 296 g/mol. The molecule has 3 aromatic rings. The number of hydrogen-bond acceptors (Lipinski definition) is 5. The fourth-order valence-electron chi connectivity index (χ4n) is 2.51. The van der Waals surface area contributed by atoms with E-state index in [0.29, 0.717) is 0 Å². The molecule has 0 unspecified atom stereocenters. The van der Waals surface area contributed by atoms with Crippen LogP contribution in [-0.2, 0) is 16.0 Å². The lowest BCUT2D eigenvalue weighted by atomic mass is 10.1. The number of hydrogen-bond donors (Lipinski definition) is 0. The summed E-state index contributed by atoms with van der Waals surface area (Å²) in [7, 11) is 1.39. The number of aromatic nitrogens is 2. The van der Waals surface area contributed by atoms with Crippen LogP contribution in [0.25, 0.3) is 22.2 Å². The highest BCUT2D eigenvalue weighted by atomic mass is 16.5. The van der Waals surface area contributed by atoms with Gasteiger partial charge in [-0.25, -0.2) is 4.98 Å². The number of methoxy groups -OCH3 is 1. The molecule has 0 N–H and O–H groups in total. The summed E-state index contributed by atoms with van der Waals surface area (Å²) in [6.07, 6.45) is 0.262. The van der Waals surface area contributed by atoms with Crippen LogP contribution in [0, 0.1) is 13.8 Å². The Morgan fingerprint density at radius 3 is 2.73 bits per heavy atom. The zero-order valence-electron chi connectivity index (χ0n) is 12.7. The van der Waals surface area contributed by atoms with E-state index in [9.17, 15) is 4.79 Å². The van der Waals surface area contributed by atoms with E-state index in [1.807, 2.05) is 44.2 Å². The molecular weight excluding hydrogens is 280 g/mol. The van der Waals surface area contributed by atoms with Crippen LogP contribution >= 0.6 is 0 Å². The molecule has 0 saturated heterocycles. The van der Waals surface area contributed by atoms with Gasteiger partial charge in [-0.2, -0.15) is 0 Å². The summed E-state index contributed by atoms with van der Waals surface area (Å²) in [6.45, 7) is 3.78. The van der Waals surface area contributed by atoms with Gasteiger partial charge < -0.3 is 9.26 Å². The third-order valence-corrected chi connectivity index (χ3v) is 3.62. The maximum absolute atomic E-state index is 11.3. The molecule has 0 aliphatic rings. The van der Waals surface area contributed by atoms with Crippen molar-refractivity contribution in [3.8, 4) is 11.3 Å². The van der Waals surface area contributed by atoms with E-state index in [4.69, 9.17) is 4.52 Å². The van der Waals surface area contributed by atoms with Crippen LogP contribution in [0.3, 0.4) is 0 Å². The molecule has 112 valence electrons. The molecule has 22 heavy (non-hydrogen) atoms. The first-order chi connectivity index (χ1) is 10.6. The lowest BCUT2D eigenvalue weighted by molar-refractivity contribution is -0.139. The predicted molar refractivity (Wildman–Crippen MR) is 82.4 cm³/mol. The molecule has 5 heteroatoms. The number of rotatable bonds is 3. The van der Waals surface area contributed by atoms with Gasteiger partial charge in [-0.1, -0.05) is 17.3 Å². The number of esters is 1. The average molecular weight is 296 g/mol. The van der Waals surface area contributed by atoms with Gasteiger partial charge in [-0.05, 0) is 37.6 Å². The van der Waals surface area contributed by atoms with Crippen molar-refractivity contribution in [1.29, 1.82) is 0 Å². The molecule has 2 aromatic heterocycles. The van der Waals surface area contributed by atoms with Crippen molar-refractivity contribution < 1.29 is 14.1 Å². The molecule has 0 saturated carbocycles. The molecule has 0 fully saturated rings. The maximum atomic E-state index is 11.3. The number of fused-ring (bicyclic) bond motifs is 1. The van der Waals surface area contributed by atoms with Crippen molar-refractivity contribution in [1.82, 2.24) is 10.1 Å². The molecule has 5 nitrogen and oxygen atoms in total. The standard InChI is InChI=1S/C17H16N2O3/c1-10-17(11(2)22-19-10)15-7-5-13-8-12(9-16(20)21-3)4-6-14(13)18-15/h4-8H,9H2,1-3H3. The Balaban J connectivity index is 2.01. The number of benzene rings is 1. The minimum Gasteiger partial charge on any atom is -0.469 e. The topological polar surface area (TPSA) is 65.2 Å². The van der Waals surface area contributed by atoms with Crippen LogP contribution in [-0.4, -0.2) is 23.2 Å². The van der Waals surface area contributed by atoms with Gasteiger partial charge in [-0.15, -0.1) is 0 Å². The highest BCUT2D eigenvalue weighted by molar-refractivity contribution is 5.84. The normalized spacial score (nSPS) is 10.9.